The lowest BCUT2D eigenvalue weighted by molar-refractivity contribution is -0.385. The SMILES string of the molecule is O=C(Cn1cc([N+](=O)[O-])cn1)Nc1ccn(Cc2c(F)cccc2Cl)n1. The Morgan fingerprint density at radius 1 is 1.35 bits per heavy atom. The Kier molecular flexibility index (Phi) is 4.94. The number of aromatic nitrogens is 4. The van der Waals surface area contributed by atoms with Gasteiger partial charge in [0.25, 0.3) is 0 Å². The van der Waals surface area contributed by atoms with Crippen molar-refractivity contribution in [1.29, 1.82) is 0 Å². The summed E-state index contributed by atoms with van der Waals surface area (Å²) in [5.41, 5.74) is 0.0860. The first kappa shape index (κ1) is 17.5. The number of anilines is 1. The predicted octanol–water partition coefficient (Wildman–Crippen LogP) is 2.47. The van der Waals surface area contributed by atoms with Crippen molar-refractivity contribution < 1.29 is 14.1 Å². The number of carbonyl (C=O) groups excluding carboxylic acids is 1. The van der Waals surface area contributed by atoms with Gasteiger partial charge in [-0.15, -0.1) is 0 Å². The highest BCUT2D eigenvalue weighted by Crippen LogP contribution is 2.20. The number of nitrogens with zero attached hydrogens (tertiary/aromatic N) is 5. The third-order valence-electron chi connectivity index (χ3n) is 3.43. The van der Waals surface area contributed by atoms with Gasteiger partial charge in [0.2, 0.25) is 5.91 Å². The fraction of sp³-hybridized carbons (Fsp3) is 0.133. The van der Waals surface area contributed by atoms with Gasteiger partial charge in [0.1, 0.15) is 24.8 Å². The molecule has 3 rings (SSSR count). The standard InChI is InChI=1S/C15H12ClFN6O3/c16-12-2-1-3-13(17)11(12)8-21-5-4-14(20-21)19-15(24)9-22-7-10(6-18-22)23(25)26/h1-7H,8-9H2,(H,19,20,24). The Hall–Kier alpha value is -3.27. The molecule has 0 aliphatic carbocycles. The number of amides is 1. The summed E-state index contributed by atoms with van der Waals surface area (Å²) < 4.78 is 16.4. The predicted molar refractivity (Wildman–Crippen MR) is 90.3 cm³/mol. The van der Waals surface area contributed by atoms with Crippen molar-refractivity contribution in [2.24, 2.45) is 0 Å². The van der Waals surface area contributed by atoms with Gasteiger partial charge in [0, 0.05) is 22.8 Å². The van der Waals surface area contributed by atoms with Gasteiger partial charge in [-0.25, -0.2) is 4.39 Å². The molecule has 11 heteroatoms. The van der Waals surface area contributed by atoms with Crippen molar-refractivity contribution in [3.05, 3.63) is 69.4 Å². The molecule has 0 saturated heterocycles. The summed E-state index contributed by atoms with van der Waals surface area (Å²) in [7, 11) is 0. The maximum Gasteiger partial charge on any atom is 0.307 e. The summed E-state index contributed by atoms with van der Waals surface area (Å²) in [6.07, 6.45) is 3.77. The molecule has 2 heterocycles. The van der Waals surface area contributed by atoms with E-state index in [9.17, 15) is 19.3 Å². The van der Waals surface area contributed by atoms with Crippen LogP contribution < -0.4 is 5.32 Å². The highest BCUT2D eigenvalue weighted by Gasteiger charge is 2.13. The van der Waals surface area contributed by atoms with E-state index in [0.717, 1.165) is 17.1 Å². The molecule has 0 bridgehead atoms. The number of hydrogen-bond acceptors (Lipinski definition) is 5. The van der Waals surface area contributed by atoms with Crippen molar-refractivity contribution in [2.45, 2.75) is 13.1 Å². The Morgan fingerprint density at radius 2 is 2.15 bits per heavy atom. The van der Waals surface area contributed by atoms with Crippen LogP contribution in [-0.2, 0) is 17.9 Å². The molecule has 0 spiro atoms. The third kappa shape index (κ3) is 4.03. The van der Waals surface area contributed by atoms with E-state index >= 15 is 0 Å². The summed E-state index contributed by atoms with van der Waals surface area (Å²) in [5, 5.41) is 21.3. The van der Waals surface area contributed by atoms with E-state index in [2.05, 4.69) is 15.5 Å². The fourth-order valence-electron chi connectivity index (χ4n) is 2.22. The molecule has 0 unspecified atom stereocenters. The molecule has 1 aromatic carbocycles. The van der Waals surface area contributed by atoms with Crippen LogP contribution >= 0.6 is 11.6 Å². The first-order valence-corrected chi connectivity index (χ1v) is 7.73. The van der Waals surface area contributed by atoms with Crippen LogP contribution in [-0.4, -0.2) is 30.4 Å². The quantitative estimate of drug-likeness (QED) is 0.523. The molecule has 2 aromatic heterocycles. The van der Waals surface area contributed by atoms with E-state index in [4.69, 9.17) is 11.6 Å². The van der Waals surface area contributed by atoms with E-state index in [1.165, 1.54) is 22.9 Å². The van der Waals surface area contributed by atoms with Crippen LogP contribution in [0, 0.1) is 15.9 Å². The van der Waals surface area contributed by atoms with Crippen LogP contribution in [0.2, 0.25) is 5.02 Å². The van der Waals surface area contributed by atoms with Crippen LogP contribution in [0.5, 0.6) is 0 Å². The lowest BCUT2D eigenvalue weighted by Gasteiger charge is -2.06. The zero-order valence-electron chi connectivity index (χ0n) is 13.2. The van der Waals surface area contributed by atoms with Crippen LogP contribution in [0.15, 0.2) is 42.9 Å². The van der Waals surface area contributed by atoms with Gasteiger partial charge in [-0.05, 0) is 12.1 Å². The zero-order valence-corrected chi connectivity index (χ0v) is 13.9. The number of nitro groups is 1. The molecule has 0 saturated carbocycles. The highest BCUT2D eigenvalue weighted by atomic mass is 35.5. The van der Waals surface area contributed by atoms with Gasteiger partial charge < -0.3 is 5.32 Å². The van der Waals surface area contributed by atoms with Gasteiger partial charge in [-0.1, -0.05) is 17.7 Å². The summed E-state index contributed by atoms with van der Waals surface area (Å²) in [6.45, 7) is -0.105. The van der Waals surface area contributed by atoms with E-state index < -0.39 is 16.6 Å². The minimum absolute atomic E-state index is 0.104. The second-order valence-electron chi connectivity index (χ2n) is 5.30. The molecule has 26 heavy (non-hydrogen) atoms. The van der Waals surface area contributed by atoms with Gasteiger partial charge in [0.15, 0.2) is 5.82 Å². The Morgan fingerprint density at radius 3 is 2.85 bits per heavy atom. The van der Waals surface area contributed by atoms with Gasteiger partial charge in [-0.3, -0.25) is 24.3 Å². The highest BCUT2D eigenvalue weighted by molar-refractivity contribution is 6.31. The van der Waals surface area contributed by atoms with Crippen LogP contribution in [0.4, 0.5) is 15.9 Å². The van der Waals surface area contributed by atoms with E-state index in [1.807, 2.05) is 0 Å². The molecule has 3 aromatic rings. The van der Waals surface area contributed by atoms with Crippen molar-refractivity contribution in [2.75, 3.05) is 5.32 Å². The van der Waals surface area contributed by atoms with Crippen LogP contribution in [0.3, 0.4) is 0 Å². The summed E-state index contributed by atoms with van der Waals surface area (Å²) in [4.78, 5) is 22.0. The lowest BCUT2D eigenvalue weighted by atomic mass is 10.2. The monoisotopic (exact) mass is 378 g/mol. The zero-order chi connectivity index (χ0) is 18.7. The molecule has 1 N–H and O–H groups in total. The number of halogens is 2. The second-order valence-corrected chi connectivity index (χ2v) is 5.71. The molecular weight excluding hydrogens is 367 g/mol. The molecule has 134 valence electrons. The molecule has 0 fully saturated rings. The fourth-order valence-corrected chi connectivity index (χ4v) is 2.45. The van der Waals surface area contributed by atoms with Crippen molar-refractivity contribution >= 4 is 29.0 Å². The average Bonchev–Trinajstić information content (AvgIpc) is 3.21. The maximum absolute atomic E-state index is 13.8. The second kappa shape index (κ2) is 7.31. The van der Waals surface area contributed by atoms with E-state index in [0.29, 0.717) is 5.56 Å². The normalized spacial score (nSPS) is 10.7. The molecule has 1 amide bonds. The van der Waals surface area contributed by atoms with Crippen LogP contribution in [0.25, 0.3) is 0 Å². The summed E-state index contributed by atoms with van der Waals surface area (Å²) in [5.74, 6) is -0.653. The van der Waals surface area contributed by atoms with Gasteiger partial charge >= 0.3 is 5.69 Å². The number of carbonyl (C=O) groups is 1. The molecule has 0 atom stereocenters. The minimum Gasteiger partial charge on any atom is -0.308 e. The number of rotatable bonds is 6. The third-order valence-corrected chi connectivity index (χ3v) is 3.78. The molecule has 0 radical (unpaired) electrons. The largest absolute Gasteiger partial charge is 0.308 e. The summed E-state index contributed by atoms with van der Waals surface area (Å²) in [6, 6.07) is 5.93. The molecule has 0 aliphatic heterocycles. The van der Waals surface area contributed by atoms with Crippen molar-refractivity contribution in [1.82, 2.24) is 19.6 Å². The topological polar surface area (TPSA) is 108 Å². The smallest absolute Gasteiger partial charge is 0.307 e. The van der Waals surface area contributed by atoms with Gasteiger partial charge in [0.05, 0.1) is 11.5 Å². The van der Waals surface area contributed by atoms with E-state index in [1.54, 1.807) is 12.3 Å². The number of nitrogens with one attached hydrogen (secondary N) is 1. The van der Waals surface area contributed by atoms with Crippen molar-refractivity contribution in [3.8, 4) is 0 Å². The number of hydrogen-bond donors (Lipinski definition) is 1. The molecule has 9 nitrogen and oxygen atoms in total. The van der Waals surface area contributed by atoms with Crippen molar-refractivity contribution in [3.63, 3.8) is 0 Å². The van der Waals surface area contributed by atoms with Crippen LogP contribution in [0.1, 0.15) is 5.56 Å². The average molecular weight is 379 g/mol. The Bertz CT molecular complexity index is 950. The minimum atomic E-state index is -0.600. The first-order chi connectivity index (χ1) is 12.4. The Labute approximate surface area is 151 Å². The van der Waals surface area contributed by atoms with Gasteiger partial charge in [-0.2, -0.15) is 10.2 Å². The lowest BCUT2D eigenvalue weighted by Crippen LogP contribution is -2.19. The molecule has 0 aliphatic rings. The first-order valence-electron chi connectivity index (χ1n) is 7.35. The Balaban J connectivity index is 1.62. The molecular formula is C15H12ClFN6O3. The van der Waals surface area contributed by atoms with E-state index in [-0.39, 0.29) is 29.6 Å². The number of benzene rings is 1. The summed E-state index contributed by atoms with van der Waals surface area (Å²) >= 11 is 5.98. The maximum atomic E-state index is 13.8.